The number of carbonyl (C=O) groups is 2. The van der Waals surface area contributed by atoms with Crippen molar-refractivity contribution < 1.29 is 14.3 Å². The number of hydrogen-bond acceptors (Lipinski definition) is 3. The zero-order valence-electron chi connectivity index (χ0n) is 8.69. The summed E-state index contributed by atoms with van der Waals surface area (Å²) in [5, 5.41) is 0. The van der Waals surface area contributed by atoms with Crippen LogP contribution in [-0.2, 0) is 9.59 Å². The van der Waals surface area contributed by atoms with E-state index < -0.39 is 5.97 Å². The van der Waals surface area contributed by atoms with Gasteiger partial charge in [0.15, 0.2) is 0 Å². The van der Waals surface area contributed by atoms with Gasteiger partial charge in [-0.1, -0.05) is 6.07 Å². The Morgan fingerprint density at radius 2 is 2.00 bits per heavy atom. The fraction of sp³-hybridized carbons (Fsp3) is 0.167. The van der Waals surface area contributed by atoms with Crippen LogP contribution < -0.4 is 4.74 Å². The molecule has 3 heteroatoms. The molecule has 0 N–H and O–H groups in total. The lowest BCUT2D eigenvalue weighted by molar-refractivity contribution is -0.129. The Morgan fingerprint density at radius 1 is 1.27 bits per heavy atom. The van der Waals surface area contributed by atoms with Gasteiger partial charge in [-0.3, -0.25) is 4.79 Å². The molecule has 78 valence electrons. The molecule has 0 aliphatic rings. The summed E-state index contributed by atoms with van der Waals surface area (Å²) in [6.45, 7) is 3.92. The number of hydrogen-bond donors (Lipinski definition) is 0. The lowest BCUT2D eigenvalue weighted by Crippen LogP contribution is -2.04. The van der Waals surface area contributed by atoms with Crippen LogP contribution in [0, 0.1) is 13.8 Å². The molecular weight excluding hydrogens is 192 g/mol. The maximum absolute atomic E-state index is 11.1. The van der Waals surface area contributed by atoms with E-state index in [4.69, 9.17) is 4.74 Å². The van der Waals surface area contributed by atoms with Crippen molar-refractivity contribution in [1.29, 1.82) is 0 Å². The topological polar surface area (TPSA) is 43.4 Å². The lowest BCUT2D eigenvalue weighted by atomic mass is 10.1. The summed E-state index contributed by atoms with van der Waals surface area (Å²) in [5.41, 5.74) is 2.19. The van der Waals surface area contributed by atoms with Gasteiger partial charge < -0.3 is 4.74 Å². The highest BCUT2D eigenvalue weighted by Gasteiger charge is 2.01. The average molecular weight is 204 g/mol. The molecule has 1 aromatic carbocycles. The highest BCUT2D eigenvalue weighted by Crippen LogP contribution is 2.16. The molecule has 0 aliphatic carbocycles. The maximum Gasteiger partial charge on any atom is 0.336 e. The van der Waals surface area contributed by atoms with E-state index in [2.05, 4.69) is 0 Å². The Hall–Kier alpha value is -1.90. The second-order valence-electron chi connectivity index (χ2n) is 3.16. The van der Waals surface area contributed by atoms with Crippen molar-refractivity contribution in [2.24, 2.45) is 0 Å². The van der Waals surface area contributed by atoms with Crippen LogP contribution >= 0.6 is 0 Å². The van der Waals surface area contributed by atoms with Crippen LogP contribution in [0.4, 0.5) is 0 Å². The van der Waals surface area contributed by atoms with Crippen LogP contribution in [-0.4, -0.2) is 12.3 Å². The van der Waals surface area contributed by atoms with E-state index in [1.54, 1.807) is 12.1 Å². The summed E-state index contributed by atoms with van der Waals surface area (Å²) in [6.07, 6.45) is 2.72. The van der Waals surface area contributed by atoms with Gasteiger partial charge in [0.25, 0.3) is 0 Å². The number of benzene rings is 1. The normalized spacial score (nSPS) is 10.3. The molecule has 15 heavy (non-hydrogen) atoms. The number of aryl methyl sites for hydroxylation is 2. The predicted molar refractivity (Wildman–Crippen MR) is 56.8 cm³/mol. The predicted octanol–water partition coefficient (Wildman–Crippen LogP) is 1.96. The number of aldehydes is 1. The van der Waals surface area contributed by atoms with Crippen molar-refractivity contribution in [3.05, 3.63) is 41.5 Å². The molecule has 0 fully saturated rings. The van der Waals surface area contributed by atoms with E-state index in [0.717, 1.165) is 23.3 Å². The van der Waals surface area contributed by atoms with E-state index >= 15 is 0 Å². The Labute approximate surface area is 88.4 Å². The largest absolute Gasteiger partial charge is 0.423 e. The van der Waals surface area contributed by atoms with Gasteiger partial charge in [0.1, 0.15) is 12.0 Å². The van der Waals surface area contributed by atoms with Crippen molar-refractivity contribution >= 4 is 12.3 Å². The van der Waals surface area contributed by atoms with Gasteiger partial charge in [0.05, 0.1) is 0 Å². The molecule has 3 nitrogen and oxygen atoms in total. The second kappa shape index (κ2) is 5.10. The molecule has 0 bridgehead atoms. The zero-order valence-corrected chi connectivity index (χ0v) is 8.69. The average Bonchev–Trinajstić information content (AvgIpc) is 2.20. The standard InChI is InChI=1S/C12H12O3/c1-9-5-6-11(8-10(9)2)15-12(14)4-3-7-13/h3-8H,1-2H3. The van der Waals surface area contributed by atoms with Crippen LogP contribution in [0.25, 0.3) is 0 Å². The summed E-state index contributed by atoms with van der Waals surface area (Å²) >= 11 is 0. The van der Waals surface area contributed by atoms with Gasteiger partial charge in [0.2, 0.25) is 0 Å². The Balaban J connectivity index is 2.73. The summed E-state index contributed by atoms with van der Waals surface area (Å²) in [6, 6.07) is 5.37. The minimum atomic E-state index is -0.551. The molecule has 0 heterocycles. The smallest absolute Gasteiger partial charge is 0.336 e. The van der Waals surface area contributed by atoms with E-state index in [0.29, 0.717) is 12.0 Å². The summed E-state index contributed by atoms with van der Waals surface area (Å²) < 4.78 is 4.97. The number of ether oxygens (including phenoxy) is 1. The van der Waals surface area contributed by atoms with Crippen LogP contribution in [0.15, 0.2) is 30.4 Å². The maximum atomic E-state index is 11.1. The third kappa shape index (κ3) is 3.38. The lowest BCUT2D eigenvalue weighted by Gasteiger charge is -2.04. The molecule has 0 saturated carbocycles. The SMILES string of the molecule is Cc1ccc(OC(=O)C=CC=O)cc1C. The van der Waals surface area contributed by atoms with Gasteiger partial charge in [0, 0.05) is 6.08 Å². The molecule has 0 radical (unpaired) electrons. The van der Waals surface area contributed by atoms with Gasteiger partial charge >= 0.3 is 5.97 Å². The summed E-state index contributed by atoms with van der Waals surface area (Å²) in [5.74, 6) is -0.0657. The highest BCUT2D eigenvalue weighted by molar-refractivity contribution is 5.88. The van der Waals surface area contributed by atoms with E-state index in [1.807, 2.05) is 19.9 Å². The Kier molecular flexibility index (Phi) is 3.80. The molecule has 0 saturated heterocycles. The first-order chi connectivity index (χ1) is 7.13. The van der Waals surface area contributed by atoms with Crippen molar-refractivity contribution in [2.45, 2.75) is 13.8 Å². The van der Waals surface area contributed by atoms with Gasteiger partial charge in [-0.15, -0.1) is 0 Å². The van der Waals surface area contributed by atoms with Crippen molar-refractivity contribution in [1.82, 2.24) is 0 Å². The molecule has 0 atom stereocenters. The second-order valence-corrected chi connectivity index (χ2v) is 3.16. The van der Waals surface area contributed by atoms with Gasteiger partial charge in [-0.25, -0.2) is 4.79 Å². The zero-order chi connectivity index (χ0) is 11.3. The third-order valence-corrected chi connectivity index (χ3v) is 2.01. The molecule has 0 spiro atoms. The number of rotatable bonds is 3. The van der Waals surface area contributed by atoms with E-state index in [1.165, 1.54) is 0 Å². The first kappa shape index (κ1) is 11.2. The molecule has 0 unspecified atom stereocenters. The first-order valence-electron chi connectivity index (χ1n) is 4.54. The molecule has 0 amide bonds. The quantitative estimate of drug-likeness (QED) is 0.327. The van der Waals surface area contributed by atoms with E-state index in [-0.39, 0.29) is 0 Å². The van der Waals surface area contributed by atoms with Gasteiger partial charge in [-0.2, -0.15) is 0 Å². The minimum Gasteiger partial charge on any atom is -0.423 e. The molecule has 1 rings (SSSR count). The number of allylic oxidation sites excluding steroid dienone is 1. The van der Waals surface area contributed by atoms with Crippen LogP contribution in [0.5, 0.6) is 5.75 Å². The Bertz CT molecular complexity index is 405. The Morgan fingerprint density at radius 3 is 2.60 bits per heavy atom. The van der Waals surface area contributed by atoms with Crippen molar-refractivity contribution in [3.63, 3.8) is 0 Å². The first-order valence-corrected chi connectivity index (χ1v) is 4.54. The molecule has 0 aromatic heterocycles. The van der Waals surface area contributed by atoms with Crippen LogP contribution in [0.2, 0.25) is 0 Å². The highest BCUT2D eigenvalue weighted by atomic mass is 16.5. The molecule has 1 aromatic rings. The summed E-state index contributed by atoms with van der Waals surface area (Å²) in [4.78, 5) is 21.1. The van der Waals surface area contributed by atoms with Crippen molar-refractivity contribution in [3.8, 4) is 5.75 Å². The summed E-state index contributed by atoms with van der Waals surface area (Å²) in [7, 11) is 0. The number of carbonyl (C=O) groups excluding carboxylic acids is 2. The van der Waals surface area contributed by atoms with Crippen molar-refractivity contribution in [2.75, 3.05) is 0 Å². The molecule has 0 aliphatic heterocycles. The van der Waals surface area contributed by atoms with Gasteiger partial charge in [-0.05, 0) is 43.2 Å². The minimum absolute atomic E-state index is 0.485. The third-order valence-electron chi connectivity index (χ3n) is 2.01. The van der Waals surface area contributed by atoms with Crippen LogP contribution in [0.3, 0.4) is 0 Å². The molecular formula is C12H12O3. The fourth-order valence-corrected chi connectivity index (χ4v) is 1.05. The fourth-order valence-electron chi connectivity index (χ4n) is 1.05. The van der Waals surface area contributed by atoms with E-state index in [9.17, 15) is 9.59 Å². The monoisotopic (exact) mass is 204 g/mol. The number of esters is 1. The van der Waals surface area contributed by atoms with Crippen LogP contribution in [0.1, 0.15) is 11.1 Å².